The van der Waals surface area contributed by atoms with E-state index >= 15 is 0 Å². The number of nitrogens with zero attached hydrogens (tertiary/aromatic N) is 3. The van der Waals surface area contributed by atoms with E-state index < -0.39 is 6.61 Å². The fraction of sp³-hybridized carbons (Fsp3) is 0.381. The number of aliphatic hydroxyl groups is 1. The molecule has 4 rings (SSSR count). The second-order valence-electron chi connectivity index (χ2n) is 7.16. The van der Waals surface area contributed by atoms with Gasteiger partial charge >= 0.3 is 0 Å². The van der Waals surface area contributed by atoms with Crippen molar-refractivity contribution in [2.24, 2.45) is 5.92 Å². The molecule has 3 heterocycles. The maximum absolute atomic E-state index is 11.4. The summed E-state index contributed by atoms with van der Waals surface area (Å²) >= 11 is 1.86. The number of fused-ring (bicyclic) bond motifs is 1. The zero-order valence-electron chi connectivity index (χ0n) is 15.7. The van der Waals surface area contributed by atoms with Crippen molar-refractivity contribution in [2.45, 2.75) is 19.4 Å². The molecule has 0 atom stereocenters. The Morgan fingerprint density at radius 1 is 1.21 bits per heavy atom. The molecule has 0 saturated carbocycles. The summed E-state index contributed by atoms with van der Waals surface area (Å²) in [6.07, 6.45) is 5.19. The highest BCUT2D eigenvalue weighted by Crippen LogP contribution is 2.25. The van der Waals surface area contributed by atoms with Crippen LogP contribution in [0.5, 0.6) is 0 Å². The van der Waals surface area contributed by atoms with Crippen molar-refractivity contribution in [2.75, 3.05) is 31.1 Å². The number of piperidine rings is 1. The maximum Gasteiger partial charge on any atom is 0.225 e. The van der Waals surface area contributed by atoms with Crippen LogP contribution in [0.15, 0.2) is 42.7 Å². The average Bonchev–Trinajstić information content (AvgIpc) is 3.16. The summed E-state index contributed by atoms with van der Waals surface area (Å²) in [5.74, 6) is 0.960. The van der Waals surface area contributed by atoms with Crippen LogP contribution in [0.2, 0.25) is 0 Å². The third-order valence-electron chi connectivity index (χ3n) is 5.21. The summed E-state index contributed by atoms with van der Waals surface area (Å²) in [6.45, 7) is 3.27. The number of anilines is 1. The lowest BCUT2D eigenvalue weighted by Gasteiger charge is -2.32. The molecule has 1 saturated heterocycles. The summed E-state index contributed by atoms with van der Waals surface area (Å²) in [7, 11) is 0. The highest BCUT2D eigenvalue weighted by molar-refractivity contribution is 7.19. The highest BCUT2D eigenvalue weighted by atomic mass is 32.1. The predicted molar refractivity (Wildman–Crippen MR) is 112 cm³/mol. The van der Waals surface area contributed by atoms with Crippen molar-refractivity contribution in [1.29, 1.82) is 0 Å². The number of hydrogen-bond acceptors (Lipinski definition) is 7. The van der Waals surface area contributed by atoms with E-state index in [0.29, 0.717) is 17.4 Å². The molecular weight excluding hydrogens is 372 g/mol. The number of hydrogen-bond donors (Lipinski definition) is 2. The first-order valence-corrected chi connectivity index (χ1v) is 10.4. The molecule has 0 unspecified atom stereocenters. The van der Waals surface area contributed by atoms with Gasteiger partial charge in [0, 0.05) is 41.6 Å². The second kappa shape index (κ2) is 8.77. The number of carbonyl (C=O) groups excluding carboxylic acids is 1. The second-order valence-corrected chi connectivity index (χ2v) is 8.33. The number of aliphatic hydroxyl groups excluding tert-OH is 1. The van der Waals surface area contributed by atoms with Gasteiger partial charge in [-0.15, -0.1) is 11.3 Å². The Kier molecular flexibility index (Phi) is 5.95. The van der Waals surface area contributed by atoms with Gasteiger partial charge in [0.1, 0.15) is 6.61 Å². The van der Waals surface area contributed by atoms with E-state index in [1.54, 1.807) is 0 Å². The van der Waals surface area contributed by atoms with Gasteiger partial charge in [-0.05, 0) is 42.8 Å². The van der Waals surface area contributed by atoms with Gasteiger partial charge in [-0.1, -0.05) is 18.2 Å². The van der Waals surface area contributed by atoms with Gasteiger partial charge in [-0.3, -0.25) is 4.79 Å². The number of rotatable bonds is 7. The molecule has 3 aromatic rings. The van der Waals surface area contributed by atoms with Crippen LogP contribution in [0.3, 0.4) is 0 Å². The molecule has 1 aliphatic rings. The van der Waals surface area contributed by atoms with Gasteiger partial charge in [0.25, 0.3) is 0 Å². The van der Waals surface area contributed by atoms with E-state index in [-0.39, 0.29) is 5.78 Å². The average molecular weight is 397 g/mol. The predicted octanol–water partition coefficient (Wildman–Crippen LogP) is 2.87. The van der Waals surface area contributed by atoms with Crippen LogP contribution in [-0.4, -0.2) is 47.1 Å². The van der Waals surface area contributed by atoms with Crippen LogP contribution in [0.1, 0.15) is 28.1 Å². The van der Waals surface area contributed by atoms with Crippen LogP contribution in [0, 0.1) is 5.92 Å². The number of benzene rings is 1. The molecule has 2 aromatic heterocycles. The Balaban J connectivity index is 1.23. The third-order valence-corrected chi connectivity index (χ3v) is 6.33. The van der Waals surface area contributed by atoms with Gasteiger partial charge in [0.05, 0.1) is 5.56 Å². The molecule has 2 N–H and O–H groups in total. The zero-order chi connectivity index (χ0) is 19.3. The van der Waals surface area contributed by atoms with E-state index in [0.717, 1.165) is 39.0 Å². The normalized spacial score (nSPS) is 15.2. The van der Waals surface area contributed by atoms with E-state index in [1.165, 1.54) is 27.4 Å². The minimum atomic E-state index is -0.511. The fourth-order valence-corrected chi connectivity index (χ4v) is 4.61. The summed E-state index contributed by atoms with van der Waals surface area (Å²) in [4.78, 5) is 23.6. The SMILES string of the molecule is O=C(CO)c1cnc(N2CCC(CNCc3cc4ccccc4s3)CC2)nc1. The molecule has 0 spiro atoms. The Labute approximate surface area is 168 Å². The molecular formula is C21H24N4O2S. The number of Topliss-reactive ketones (excluding diaryl/α,β-unsaturated/α-hetero) is 1. The molecule has 6 nitrogen and oxygen atoms in total. The molecule has 0 amide bonds. The van der Waals surface area contributed by atoms with Gasteiger partial charge < -0.3 is 15.3 Å². The van der Waals surface area contributed by atoms with Gasteiger partial charge in [-0.2, -0.15) is 0 Å². The van der Waals surface area contributed by atoms with Crippen molar-refractivity contribution in [3.05, 3.63) is 53.2 Å². The zero-order valence-corrected chi connectivity index (χ0v) is 16.5. The van der Waals surface area contributed by atoms with Crippen LogP contribution in [0.4, 0.5) is 5.95 Å². The van der Waals surface area contributed by atoms with Crippen molar-refractivity contribution < 1.29 is 9.90 Å². The number of aromatic nitrogens is 2. The molecule has 1 fully saturated rings. The van der Waals surface area contributed by atoms with Crippen LogP contribution in [0.25, 0.3) is 10.1 Å². The molecule has 0 radical (unpaired) electrons. The number of carbonyl (C=O) groups is 1. The van der Waals surface area contributed by atoms with E-state index in [1.807, 2.05) is 11.3 Å². The van der Waals surface area contributed by atoms with E-state index in [9.17, 15) is 4.79 Å². The van der Waals surface area contributed by atoms with Gasteiger partial charge in [0.15, 0.2) is 5.78 Å². The molecule has 7 heteroatoms. The minimum absolute atomic E-state index is 0.352. The Morgan fingerprint density at radius 2 is 1.96 bits per heavy atom. The largest absolute Gasteiger partial charge is 0.388 e. The first-order chi connectivity index (χ1) is 13.7. The summed E-state index contributed by atoms with van der Waals surface area (Å²) in [6, 6.07) is 10.8. The molecule has 1 aromatic carbocycles. The number of thiophene rings is 1. The Bertz CT molecular complexity index is 900. The lowest BCUT2D eigenvalue weighted by atomic mass is 9.97. The monoisotopic (exact) mass is 396 g/mol. The fourth-order valence-electron chi connectivity index (χ4n) is 3.58. The number of nitrogens with one attached hydrogen (secondary N) is 1. The highest BCUT2D eigenvalue weighted by Gasteiger charge is 2.21. The van der Waals surface area contributed by atoms with Crippen molar-refractivity contribution in [3.8, 4) is 0 Å². The van der Waals surface area contributed by atoms with Gasteiger partial charge in [-0.25, -0.2) is 9.97 Å². The lowest BCUT2D eigenvalue weighted by molar-refractivity contribution is 0.0903. The van der Waals surface area contributed by atoms with Crippen LogP contribution in [-0.2, 0) is 6.54 Å². The first-order valence-electron chi connectivity index (χ1n) is 9.62. The summed E-state index contributed by atoms with van der Waals surface area (Å²) in [5, 5.41) is 13.8. The molecule has 1 aliphatic heterocycles. The molecule has 146 valence electrons. The topological polar surface area (TPSA) is 78.3 Å². The Hall–Kier alpha value is -2.35. The molecule has 0 bridgehead atoms. The van der Waals surface area contributed by atoms with E-state index in [4.69, 9.17) is 5.11 Å². The van der Waals surface area contributed by atoms with Crippen LogP contribution >= 0.6 is 11.3 Å². The quantitative estimate of drug-likeness (QED) is 0.598. The number of ketones is 1. The Morgan fingerprint density at radius 3 is 2.68 bits per heavy atom. The molecule has 28 heavy (non-hydrogen) atoms. The van der Waals surface area contributed by atoms with Crippen LogP contribution < -0.4 is 10.2 Å². The molecule has 0 aliphatic carbocycles. The maximum atomic E-state index is 11.4. The standard InChI is InChI=1S/C21H24N4O2S/c26-14-19(27)17-11-23-21(24-12-17)25-7-5-15(6-8-25)10-22-13-18-9-16-3-1-2-4-20(16)28-18/h1-4,9,11-12,15,22,26H,5-8,10,13-14H2. The van der Waals surface area contributed by atoms with Crippen molar-refractivity contribution in [3.63, 3.8) is 0 Å². The van der Waals surface area contributed by atoms with Crippen molar-refractivity contribution in [1.82, 2.24) is 15.3 Å². The third kappa shape index (κ3) is 4.38. The lowest BCUT2D eigenvalue weighted by Crippen LogP contribution is -2.38. The minimum Gasteiger partial charge on any atom is -0.388 e. The van der Waals surface area contributed by atoms with Gasteiger partial charge in [0.2, 0.25) is 5.95 Å². The summed E-state index contributed by atoms with van der Waals surface area (Å²) in [5.41, 5.74) is 0.353. The van der Waals surface area contributed by atoms with E-state index in [2.05, 4.69) is 50.5 Å². The van der Waals surface area contributed by atoms with Crippen molar-refractivity contribution >= 4 is 33.2 Å². The summed E-state index contributed by atoms with van der Waals surface area (Å²) < 4.78 is 1.35. The smallest absolute Gasteiger partial charge is 0.225 e. The first kappa shape index (κ1) is 19.0.